The lowest BCUT2D eigenvalue weighted by atomic mass is 9.80. The van der Waals surface area contributed by atoms with Crippen molar-refractivity contribution in [3.8, 4) is 0 Å². The predicted molar refractivity (Wildman–Crippen MR) is 148 cm³/mol. The number of ether oxygens (including phenoxy) is 1. The number of Topliss-reactive ketones (excluding diaryl/α,β-unsaturated/α-hetero) is 1. The van der Waals surface area contributed by atoms with Gasteiger partial charge in [-0.2, -0.15) is 0 Å². The van der Waals surface area contributed by atoms with Gasteiger partial charge in [0.1, 0.15) is 30.5 Å². The van der Waals surface area contributed by atoms with Crippen molar-refractivity contribution < 1.29 is 14.1 Å². The highest BCUT2D eigenvalue weighted by molar-refractivity contribution is 7.70. The van der Waals surface area contributed by atoms with E-state index in [9.17, 15) is 9.36 Å². The summed E-state index contributed by atoms with van der Waals surface area (Å²) in [6, 6.07) is 8.34. The van der Waals surface area contributed by atoms with E-state index in [1.54, 1.807) is 0 Å². The SMILES string of the molecule is Cc1nc2c(Nc3ccc(C4CCC4)cc3P(C)(C)=O)cc(CC(=O)C3CC3)nc2n1C1CCCCO1. The van der Waals surface area contributed by atoms with Crippen LogP contribution in [0.15, 0.2) is 24.3 Å². The van der Waals surface area contributed by atoms with Gasteiger partial charge in [0, 0.05) is 29.9 Å². The summed E-state index contributed by atoms with van der Waals surface area (Å²) < 4.78 is 21.6. The summed E-state index contributed by atoms with van der Waals surface area (Å²) in [5, 5.41) is 4.45. The second-order valence-corrected chi connectivity index (χ2v) is 14.7. The summed E-state index contributed by atoms with van der Waals surface area (Å²) >= 11 is 0. The van der Waals surface area contributed by atoms with Gasteiger partial charge in [0.2, 0.25) is 0 Å². The normalized spacial score (nSPS) is 20.7. The summed E-state index contributed by atoms with van der Waals surface area (Å²) in [5.74, 6) is 1.85. The molecule has 1 aromatic carbocycles. The Labute approximate surface area is 218 Å². The van der Waals surface area contributed by atoms with Gasteiger partial charge in [-0.15, -0.1) is 0 Å². The van der Waals surface area contributed by atoms with Crippen LogP contribution in [0.4, 0.5) is 11.4 Å². The number of fused-ring (bicyclic) bond motifs is 1. The Morgan fingerprint density at radius 3 is 2.51 bits per heavy atom. The topological polar surface area (TPSA) is 86.1 Å². The molecule has 1 N–H and O–H groups in total. The first-order valence-electron chi connectivity index (χ1n) is 13.8. The first kappa shape index (κ1) is 24.8. The number of pyridine rings is 1. The summed E-state index contributed by atoms with van der Waals surface area (Å²) in [6.45, 7) is 6.38. The number of carbonyl (C=O) groups is 1. The Hall–Kier alpha value is -2.50. The van der Waals surface area contributed by atoms with E-state index >= 15 is 0 Å². The lowest BCUT2D eigenvalue weighted by Gasteiger charge is -2.27. The molecule has 6 rings (SSSR count). The molecule has 37 heavy (non-hydrogen) atoms. The van der Waals surface area contributed by atoms with Crippen LogP contribution in [0.1, 0.15) is 80.6 Å². The van der Waals surface area contributed by atoms with Crippen molar-refractivity contribution in [2.45, 2.75) is 76.9 Å². The maximum Gasteiger partial charge on any atom is 0.164 e. The van der Waals surface area contributed by atoms with Crippen molar-refractivity contribution in [1.82, 2.24) is 14.5 Å². The molecule has 3 aromatic rings. The zero-order chi connectivity index (χ0) is 25.7. The largest absolute Gasteiger partial charge is 0.358 e. The number of aromatic nitrogens is 3. The smallest absolute Gasteiger partial charge is 0.164 e. The molecule has 8 heteroatoms. The molecule has 1 aliphatic heterocycles. The highest BCUT2D eigenvalue weighted by Gasteiger charge is 2.31. The lowest BCUT2D eigenvalue weighted by Crippen LogP contribution is -2.20. The summed E-state index contributed by atoms with van der Waals surface area (Å²) in [4.78, 5) is 22.6. The molecule has 3 aliphatic rings. The predicted octanol–water partition coefficient (Wildman–Crippen LogP) is 6.22. The molecule has 2 aliphatic carbocycles. The van der Waals surface area contributed by atoms with E-state index in [0.29, 0.717) is 12.3 Å². The molecule has 3 fully saturated rings. The van der Waals surface area contributed by atoms with Gasteiger partial charge in [-0.05, 0) is 94.9 Å². The fourth-order valence-corrected chi connectivity index (χ4v) is 6.82. The monoisotopic (exact) mass is 520 g/mol. The first-order chi connectivity index (χ1) is 17.8. The average molecular weight is 521 g/mol. The third kappa shape index (κ3) is 5.00. The minimum absolute atomic E-state index is 0.0997. The molecule has 1 atom stereocenters. The number of benzene rings is 1. The Morgan fingerprint density at radius 1 is 1.05 bits per heavy atom. The second kappa shape index (κ2) is 9.67. The molecule has 2 aromatic heterocycles. The molecule has 1 unspecified atom stereocenters. The summed E-state index contributed by atoms with van der Waals surface area (Å²) in [7, 11) is -2.55. The molecule has 1 saturated heterocycles. The quantitative estimate of drug-likeness (QED) is 0.355. The highest BCUT2D eigenvalue weighted by Crippen LogP contribution is 2.43. The number of nitrogens with zero attached hydrogens (tertiary/aromatic N) is 3. The van der Waals surface area contributed by atoms with Crippen molar-refractivity contribution in [3.05, 3.63) is 41.3 Å². The van der Waals surface area contributed by atoms with Crippen LogP contribution in [0.2, 0.25) is 0 Å². The van der Waals surface area contributed by atoms with Crippen molar-refractivity contribution in [1.29, 1.82) is 0 Å². The number of hydrogen-bond acceptors (Lipinski definition) is 6. The molecule has 0 radical (unpaired) electrons. The lowest BCUT2D eigenvalue weighted by molar-refractivity contribution is -0.119. The number of ketones is 1. The van der Waals surface area contributed by atoms with Crippen LogP contribution in [0, 0.1) is 12.8 Å². The number of hydrogen-bond donors (Lipinski definition) is 1. The van der Waals surface area contributed by atoms with Crippen molar-refractivity contribution in [2.75, 3.05) is 25.3 Å². The molecule has 2 saturated carbocycles. The van der Waals surface area contributed by atoms with Crippen molar-refractivity contribution >= 4 is 40.8 Å². The Morgan fingerprint density at radius 2 is 1.86 bits per heavy atom. The van der Waals surface area contributed by atoms with Crippen LogP contribution < -0.4 is 10.6 Å². The van der Waals surface area contributed by atoms with Crippen LogP contribution >= 0.6 is 7.14 Å². The average Bonchev–Trinajstić information content (AvgIpc) is 3.62. The van der Waals surface area contributed by atoms with Crippen LogP contribution in [-0.4, -0.2) is 40.3 Å². The number of imidazole rings is 1. The number of aryl methyl sites for hydroxylation is 1. The standard InChI is InChI=1S/C29H37N4O3P/c1-18-30-28-24(32-23-13-12-21(19-7-6-8-19)15-26(23)37(2,3)35)16-22(17-25(34)20-10-11-20)31-29(28)33(18)27-9-4-5-14-36-27/h12-13,15-16,19-20,27H,4-11,14,17H2,1-3H3,(H,31,32). The minimum atomic E-state index is -2.55. The van der Waals surface area contributed by atoms with Crippen LogP contribution in [0.5, 0.6) is 0 Å². The Kier molecular flexibility index (Phi) is 6.48. The van der Waals surface area contributed by atoms with Gasteiger partial charge in [-0.1, -0.05) is 12.5 Å². The Balaban J connectivity index is 1.44. The third-order valence-corrected chi connectivity index (χ3v) is 9.69. The molecule has 3 heterocycles. The molecular weight excluding hydrogens is 483 g/mol. The van der Waals surface area contributed by atoms with E-state index in [4.69, 9.17) is 14.7 Å². The van der Waals surface area contributed by atoms with Gasteiger partial charge in [0.15, 0.2) is 5.65 Å². The van der Waals surface area contributed by atoms with E-state index in [2.05, 4.69) is 28.1 Å². The molecule has 7 nitrogen and oxygen atoms in total. The summed E-state index contributed by atoms with van der Waals surface area (Å²) in [5.41, 5.74) is 5.16. The number of nitrogens with one attached hydrogen (secondary N) is 1. The van der Waals surface area contributed by atoms with E-state index in [0.717, 1.165) is 78.1 Å². The van der Waals surface area contributed by atoms with Crippen LogP contribution in [0.3, 0.4) is 0 Å². The van der Waals surface area contributed by atoms with Crippen molar-refractivity contribution in [3.63, 3.8) is 0 Å². The molecule has 0 bridgehead atoms. The van der Waals surface area contributed by atoms with E-state index in [1.807, 2.05) is 26.3 Å². The number of carbonyl (C=O) groups excluding carboxylic acids is 1. The second-order valence-electron chi connectivity index (χ2n) is 11.5. The van der Waals surface area contributed by atoms with Crippen LogP contribution in [0.25, 0.3) is 11.2 Å². The molecule has 0 amide bonds. The zero-order valence-corrected chi connectivity index (χ0v) is 23.0. The molecule has 196 valence electrons. The third-order valence-electron chi connectivity index (χ3n) is 8.16. The fraction of sp³-hybridized carbons (Fsp3) is 0.552. The first-order valence-corrected chi connectivity index (χ1v) is 16.4. The Bertz CT molecular complexity index is 1390. The fourth-order valence-electron chi connectivity index (χ4n) is 5.65. The molecular formula is C29H37N4O3P. The van der Waals surface area contributed by atoms with Gasteiger partial charge in [0.05, 0.1) is 11.4 Å². The van der Waals surface area contributed by atoms with E-state index < -0.39 is 7.14 Å². The van der Waals surface area contributed by atoms with E-state index in [1.165, 1.54) is 24.8 Å². The minimum Gasteiger partial charge on any atom is -0.358 e. The van der Waals surface area contributed by atoms with Crippen LogP contribution in [-0.2, 0) is 20.5 Å². The number of rotatable bonds is 8. The zero-order valence-electron chi connectivity index (χ0n) is 22.1. The van der Waals surface area contributed by atoms with Gasteiger partial charge in [0.25, 0.3) is 0 Å². The maximum atomic E-state index is 13.4. The highest BCUT2D eigenvalue weighted by atomic mass is 31.2. The van der Waals surface area contributed by atoms with Gasteiger partial charge in [-0.25, -0.2) is 9.97 Å². The number of anilines is 2. The van der Waals surface area contributed by atoms with Gasteiger partial charge < -0.3 is 14.6 Å². The summed E-state index contributed by atoms with van der Waals surface area (Å²) in [6.07, 6.45) is 8.95. The maximum absolute atomic E-state index is 13.4. The van der Waals surface area contributed by atoms with E-state index in [-0.39, 0.29) is 17.9 Å². The van der Waals surface area contributed by atoms with Crippen molar-refractivity contribution in [2.24, 2.45) is 5.92 Å². The van der Waals surface area contributed by atoms with Gasteiger partial charge >= 0.3 is 0 Å². The molecule has 0 spiro atoms. The van der Waals surface area contributed by atoms with Gasteiger partial charge in [-0.3, -0.25) is 9.36 Å².